The molecule has 1 heterocycles. The molecule has 1 aliphatic rings. The molecule has 146 valence electrons. The van der Waals surface area contributed by atoms with Gasteiger partial charge in [-0.05, 0) is 24.6 Å². The average molecular weight is 380 g/mol. The molecule has 0 spiro atoms. The van der Waals surface area contributed by atoms with Crippen molar-refractivity contribution < 1.29 is 14.3 Å². The average Bonchev–Trinajstić information content (AvgIpc) is 2.74. The van der Waals surface area contributed by atoms with Crippen molar-refractivity contribution in [2.45, 2.75) is 6.92 Å². The number of para-hydroxylation sites is 2. The minimum Gasteiger partial charge on any atom is -0.495 e. The lowest BCUT2D eigenvalue weighted by Gasteiger charge is -2.36. The number of piperazine rings is 1. The molecular weight excluding hydrogens is 356 g/mol. The molecular formula is C21H24N4O3. The highest BCUT2D eigenvalue weighted by Crippen LogP contribution is 2.28. The number of carbonyl (C=O) groups is 2. The lowest BCUT2D eigenvalue weighted by molar-refractivity contribution is -0.146. The van der Waals surface area contributed by atoms with Gasteiger partial charge in [0.05, 0.1) is 19.0 Å². The zero-order chi connectivity index (χ0) is 19.9. The van der Waals surface area contributed by atoms with Gasteiger partial charge < -0.3 is 14.5 Å². The smallest absolute Gasteiger partial charge is 0.329 e. The maximum Gasteiger partial charge on any atom is 0.329 e. The minimum absolute atomic E-state index is 0.464. The van der Waals surface area contributed by atoms with E-state index in [4.69, 9.17) is 4.74 Å². The first-order valence-electron chi connectivity index (χ1n) is 9.15. The number of hydrogen-bond donors (Lipinski definition) is 1. The van der Waals surface area contributed by atoms with Crippen molar-refractivity contribution in [1.29, 1.82) is 0 Å². The fourth-order valence-corrected chi connectivity index (χ4v) is 3.05. The predicted molar refractivity (Wildman–Crippen MR) is 109 cm³/mol. The number of nitrogens with zero attached hydrogens (tertiary/aromatic N) is 3. The van der Waals surface area contributed by atoms with E-state index in [9.17, 15) is 9.59 Å². The van der Waals surface area contributed by atoms with Crippen LogP contribution in [0.15, 0.2) is 53.6 Å². The highest BCUT2D eigenvalue weighted by Gasteiger charge is 2.26. The van der Waals surface area contributed by atoms with Crippen molar-refractivity contribution in [3.63, 3.8) is 0 Å². The SMILES string of the molecule is COc1ccccc1N1CCN(C(=O)C(=O)N/N=C\c2ccc(C)cc2)CC1. The molecule has 1 aliphatic heterocycles. The molecule has 28 heavy (non-hydrogen) atoms. The second-order valence-corrected chi connectivity index (χ2v) is 6.56. The van der Waals surface area contributed by atoms with Crippen LogP contribution in [-0.4, -0.2) is 56.2 Å². The Bertz CT molecular complexity index is 856. The highest BCUT2D eigenvalue weighted by atomic mass is 16.5. The van der Waals surface area contributed by atoms with Gasteiger partial charge >= 0.3 is 11.8 Å². The molecule has 1 fully saturated rings. The van der Waals surface area contributed by atoms with Crippen molar-refractivity contribution in [3.8, 4) is 5.75 Å². The third-order valence-corrected chi connectivity index (χ3v) is 4.64. The summed E-state index contributed by atoms with van der Waals surface area (Å²) in [6.45, 7) is 4.19. The van der Waals surface area contributed by atoms with Gasteiger partial charge in [-0.3, -0.25) is 9.59 Å². The van der Waals surface area contributed by atoms with Crippen LogP contribution in [0.4, 0.5) is 5.69 Å². The molecule has 2 aromatic rings. The summed E-state index contributed by atoms with van der Waals surface area (Å²) in [6, 6.07) is 15.5. The largest absolute Gasteiger partial charge is 0.495 e. The van der Waals surface area contributed by atoms with Crippen LogP contribution in [0.2, 0.25) is 0 Å². The predicted octanol–water partition coefficient (Wildman–Crippen LogP) is 1.80. The maximum absolute atomic E-state index is 12.3. The third-order valence-electron chi connectivity index (χ3n) is 4.64. The summed E-state index contributed by atoms with van der Waals surface area (Å²) in [4.78, 5) is 28.1. The molecule has 0 aromatic heterocycles. The quantitative estimate of drug-likeness (QED) is 0.499. The Morgan fingerprint density at radius 2 is 1.71 bits per heavy atom. The van der Waals surface area contributed by atoms with Gasteiger partial charge in [0.25, 0.3) is 0 Å². The van der Waals surface area contributed by atoms with E-state index >= 15 is 0 Å². The summed E-state index contributed by atoms with van der Waals surface area (Å²) in [6.07, 6.45) is 1.52. The minimum atomic E-state index is -0.728. The van der Waals surface area contributed by atoms with Crippen LogP contribution in [0.3, 0.4) is 0 Å². The summed E-state index contributed by atoms with van der Waals surface area (Å²) in [5.41, 5.74) is 5.29. The maximum atomic E-state index is 12.3. The second-order valence-electron chi connectivity index (χ2n) is 6.56. The van der Waals surface area contributed by atoms with Gasteiger partial charge in [-0.2, -0.15) is 5.10 Å². The molecule has 0 saturated carbocycles. The summed E-state index contributed by atoms with van der Waals surface area (Å²) in [7, 11) is 1.64. The topological polar surface area (TPSA) is 74.2 Å². The van der Waals surface area contributed by atoms with Gasteiger partial charge in [-0.1, -0.05) is 42.0 Å². The third kappa shape index (κ3) is 4.68. The number of aryl methyl sites for hydroxylation is 1. The van der Waals surface area contributed by atoms with E-state index in [1.807, 2.05) is 55.5 Å². The molecule has 0 aliphatic carbocycles. The number of carbonyl (C=O) groups excluding carboxylic acids is 2. The Labute approximate surface area is 164 Å². The number of hydrazone groups is 1. The molecule has 0 unspecified atom stereocenters. The molecule has 7 nitrogen and oxygen atoms in total. The zero-order valence-electron chi connectivity index (χ0n) is 16.1. The lowest BCUT2D eigenvalue weighted by atomic mass is 10.2. The van der Waals surface area contributed by atoms with Crippen LogP contribution in [0.1, 0.15) is 11.1 Å². The normalized spacial score (nSPS) is 14.2. The molecule has 0 radical (unpaired) electrons. The van der Waals surface area contributed by atoms with Gasteiger partial charge in [0.1, 0.15) is 5.75 Å². The summed E-state index contributed by atoms with van der Waals surface area (Å²) < 4.78 is 5.40. The van der Waals surface area contributed by atoms with Crippen molar-refractivity contribution in [2.75, 3.05) is 38.2 Å². The van der Waals surface area contributed by atoms with E-state index in [1.54, 1.807) is 12.0 Å². The van der Waals surface area contributed by atoms with Gasteiger partial charge in [-0.15, -0.1) is 0 Å². The van der Waals surface area contributed by atoms with Gasteiger partial charge in [0, 0.05) is 26.2 Å². The molecule has 1 saturated heterocycles. The molecule has 3 rings (SSSR count). The highest BCUT2D eigenvalue weighted by molar-refractivity contribution is 6.35. The lowest BCUT2D eigenvalue weighted by Crippen LogP contribution is -2.52. The van der Waals surface area contributed by atoms with Crippen molar-refractivity contribution in [3.05, 3.63) is 59.7 Å². The van der Waals surface area contributed by atoms with E-state index in [0.717, 1.165) is 22.6 Å². The Balaban J connectivity index is 1.51. The fourth-order valence-electron chi connectivity index (χ4n) is 3.05. The van der Waals surface area contributed by atoms with Crippen molar-refractivity contribution in [2.24, 2.45) is 5.10 Å². The molecule has 0 bridgehead atoms. The molecule has 0 atom stereocenters. The number of rotatable bonds is 4. The van der Waals surface area contributed by atoms with E-state index in [2.05, 4.69) is 15.4 Å². The van der Waals surface area contributed by atoms with E-state index in [0.29, 0.717) is 26.2 Å². The number of benzene rings is 2. The van der Waals surface area contributed by atoms with Crippen LogP contribution in [0.5, 0.6) is 5.75 Å². The van der Waals surface area contributed by atoms with Crippen LogP contribution in [0, 0.1) is 6.92 Å². The second kappa shape index (κ2) is 9.03. The van der Waals surface area contributed by atoms with E-state index in [-0.39, 0.29) is 0 Å². The molecule has 2 amide bonds. The van der Waals surface area contributed by atoms with Crippen LogP contribution in [0.25, 0.3) is 0 Å². The van der Waals surface area contributed by atoms with Crippen LogP contribution >= 0.6 is 0 Å². The summed E-state index contributed by atoms with van der Waals surface area (Å²) in [5.74, 6) is -0.500. The van der Waals surface area contributed by atoms with Gasteiger partial charge in [0.15, 0.2) is 0 Å². The van der Waals surface area contributed by atoms with E-state index < -0.39 is 11.8 Å². The summed E-state index contributed by atoms with van der Waals surface area (Å²) in [5, 5.41) is 3.87. The Morgan fingerprint density at radius 1 is 1.04 bits per heavy atom. The first-order chi connectivity index (χ1) is 13.6. The van der Waals surface area contributed by atoms with Crippen LogP contribution in [-0.2, 0) is 9.59 Å². The number of anilines is 1. The number of nitrogens with one attached hydrogen (secondary N) is 1. The molecule has 7 heteroatoms. The number of methoxy groups -OCH3 is 1. The van der Waals surface area contributed by atoms with Gasteiger partial charge in [-0.25, -0.2) is 5.43 Å². The number of hydrogen-bond acceptors (Lipinski definition) is 5. The van der Waals surface area contributed by atoms with Gasteiger partial charge in [0.2, 0.25) is 0 Å². The number of amides is 2. The number of ether oxygens (including phenoxy) is 1. The Kier molecular flexibility index (Phi) is 6.26. The molecule has 2 aromatic carbocycles. The van der Waals surface area contributed by atoms with Crippen molar-refractivity contribution in [1.82, 2.24) is 10.3 Å². The standard InChI is InChI=1S/C21H24N4O3/c1-16-7-9-17(10-8-16)15-22-23-20(26)21(27)25-13-11-24(12-14-25)18-5-3-4-6-19(18)28-2/h3-10,15H,11-14H2,1-2H3,(H,23,26)/b22-15-. The van der Waals surface area contributed by atoms with E-state index in [1.165, 1.54) is 6.21 Å². The molecule has 1 N–H and O–H groups in total. The van der Waals surface area contributed by atoms with Crippen LogP contribution < -0.4 is 15.1 Å². The summed E-state index contributed by atoms with van der Waals surface area (Å²) >= 11 is 0. The van der Waals surface area contributed by atoms with Crippen molar-refractivity contribution >= 4 is 23.7 Å². The monoisotopic (exact) mass is 380 g/mol. The first-order valence-corrected chi connectivity index (χ1v) is 9.15. The Morgan fingerprint density at radius 3 is 2.39 bits per heavy atom. The first kappa shape index (κ1) is 19.4. The fraction of sp³-hybridized carbons (Fsp3) is 0.286. The Hall–Kier alpha value is -3.35. The zero-order valence-corrected chi connectivity index (χ0v) is 16.1.